The summed E-state index contributed by atoms with van der Waals surface area (Å²) in [5, 5.41) is 4.25. The highest BCUT2D eigenvalue weighted by molar-refractivity contribution is 6.31. The summed E-state index contributed by atoms with van der Waals surface area (Å²) in [7, 11) is 0. The van der Waals surface area contributed by atoms with Crippen molar-refractivity contribution in [2.24, 2.45) is 11.8 Å². The molecule has 3 nitrogen and oxygen atoms in total. The Bertz CT molecular complexity index is 377. The largest absolute Gasteiger partial charge is 0.316 e. The Hall–Kier alpha value is -0.0600. The molecule has 1 aromatic heterocycles. The Morgan fingerprint density at radius 1 is 1.28 bits per heavy atom. The lowest BCUT2D eigenvalue weighted by Gasteiger charge is -2.17. The van der Waals surface area contributed by atoms with Gasteiger partial charge in [0.15, 0.2) is 0 Å². The fraction of sp³-hybridized carbons (Fsp3) is 0.583. The van der Waals surface area contributed by atoms with Gasteiger partial charge < -0.3 is 5.32 Å². The van der Waals surface area contributed by atoms with Gasteiger partial charge in [-0.1, -0.05) is 11.6 Å². The molecule has 2 atom stereocenters. The van der Waals surface area contributed by atoms with Crippen molar-refractivity contribution in [1.29, 1.82) is 0 Å². The van der Waals surface area contributed by atoms with Crippen molar-refractivity contribution in [2.45, 2.75) is 6.54 Å². The zero-order chi connectivity index (χ0) is 11.0. The van der Waals surface area contributed by atoms with E-state index in [1.54, 1.807) is 6.20 Å². The van der Waals surface area contributed by atoms with Crippen molar-refractivity contribution in [1.82, 2.24) is 15.2 Å². The maximum absolute atomic E-state index is 6.12. The number of hydrogen-bond acceptors (Lipinski definition) is 3. The molecule has 1 N–H and O–H groups in total. The van der Waals surface area contributed by atoms with E-state index in [1.165, 1.54) is 31.7 Å². The van der Waals surface area contributed by atoms with Gasteiger partial charge in [-0.05, 0) is 36.6 Å². The van der Waals surface area contributed by atoms with Gasteiger partial charge >= 0.3 is 0 Å². The molecule has 2 saturated heterocycles. The van der Waals surface area contributed by atoms with Crippen molar-refractivity contribution in [2.75, 3.05) is 26.2 Å². The summed E-state index contributed by atoms with van der Waals surface area (Å²) in [5.74, 6) is 1.70. The summed E-state index contributed by atoms with van der Waals surface area (Å²) in [6.07, 6.45) is 3.55. The normalized spacial score (nSPS) is 26.3. The Morgan fingerprint density at radius 2 is 1.94 bits per heavy atom. The van der Waals surface area contributed by atoms with Crippen molar-refractivity contribution in [3.8, 4) is 0 Å². The molecule has 0 unspecified atom stereocenters. The Labute approximate surface area is 125 Å². The number of hydrogen-bond donors (Lipinski definition) is 1. The maximum Gasteiger partial charge on any atom is 0.0634 e. The second-order valence-corrected chi connectivity index (χ2v) is 5.25. The summed E-state index contributed by atoms with van der Waals surface area (Å²) >= 11 is 6.12. The molecule has 2 aliphatic rings. The van der Waals surface area contributed by atoms with Crippen LogP contribution in [-0.2, 0) is 6.54 Å². The van der Waals surface area contributed by atoms with Gasteiger partial charge in [0.05, 0.1) is 5.02 Å². The van der Waals surface area contributed by atoms with E-state index in [4.69, 9.17) is 11.6 Å². The number of halogens is 3. The third-order valence-electron chi connectivity index (χ3n) is 3.72. The monoisotopic (exact) mass is 309 g/mol. The molecule has 0 aliphatic carbocycles. The summed E-state index contributed by atoms with van der Waals surface area (Å²) in [6.45, 7) is 5.75. The summed E-state index contributed by atoms with van der Waals surface area (Å²) in [6, 6.07) is 2.02. The van der Waals surface area contributed by atoms with Crippen LogP contribution in [0.3, 0.4) is 0 Å². The van der Waals surface area contributed by atoms with Crippen LogP contribution < -0.4 is 5.32 Å². The Kier molecular flexibility index (Phi) is 6.15. The third kappa shape index (κ3) is 3.28. The van der Waals surface area contributed by atoms with Gasteiger partial charge in [0.1, 0.15) is 0 Å². The summed E-state index contributed by atoms with van der Waals surface area (Å²) in [5.41, 5.74) is 1.20. The summed E-state index contributed by atoms with van der Waals surface area (Å²) < 4.78 is 0. The van der Waals surface area contributed by atoms with Crippen LogP contribution >= 0.6 is 36.4 Å². The van der Waals surface area contributed by atoms with E-state index in [0.29, 0.717) is 0 Å². The highest BCUT2D eigenvalue weighted by atomic mass is 35.5. The zero-order valence-electron chi connectivity index (χ0n) is 10.0. The van der Waals surface area contributed by atoms with Crippen molar-refractivity contribution in [3.63, 3.8) is 0 Å². The topological polar surface area (TPSA) is 28.2 Å². The minimum absolute atomic E-state index is 0. The molecule has 0 bridgehead atoms. The average molecular weight is 311 g/mol. The van der Waals surface area contributed by atoms with Crippen molar-refractivity contribution < 1.29 is 0 Å². The van der Waals surface area contributed by atoms with E-state index in [2.05, 4.69) is 15.2 Å². The Morgan fingerprint density at radius 3 is 2.56 bits per heavy atom. The van der Waals surface area contributed by atoms with Gasteiger partial charge in [-0.2, -0.15) is 0 Å². The minimum Gasteiger partial charge on any atom is -0.316 e. The molecule has 1 aromatic rings. The van der Waals surface area contributed by atoms with Gasteiger partial charge in [-0.15, -0.1) is 24.8 Å². The number of nitrogens with zero attached hydrogens (tertiary/aromatic N) is 2. The molecule has 102 valence electrons. The average Bonchev–Trinajstić information content (AvgIpc) is 2.81. The molecule has 0 aromatic carbocycles. The number of likely N-dealkylation sites (tertiary alicyclic amines) is 1. The van der Waals surface area contributed by atoms with Gasteiger partial charge in [0.2, 0.25) is 0 Å². The van der Waals surface area contributed by atoms with Crippen LogP contribution in [0.4, 0.5) is 0 Å². The lowest BCUT2D eigenvalue weighted by molar-refractivity contribution is 0.305. The Balaban J connectivity index is 0.000000810. The van der Waals surface area contributed by atoms with Crippen LogP contribution in [0.15, 0.2) is 18.5 Å². The van der Waals surface area contributed by atoms with E-state index in [1.807, 2.05) is 12.3 Å². The molecule has 0 saturated carbocycles. The van der Waals surface area contributed by atoms with Crippen LogP contribution in [0, 0.1) is 11.8 Å². The van der Waals surface area contributed by atoms with E-state index in [9.17, 15) is 0 Å². The number of fused-ring (bicyclic) bond motifs is 1. The van der Waals surface area contributed by atoms with Gasteiger partial charge in [-0.3, -0.25) is 9.88 Å². The molecule has 2 aliphatic heterocycles. The summed E-state index contributed by atoms with van der Waals surface area (Å²) in [4.78, 5) is 6.53. The van der Waals surface area contributed by atoms with E-state index in [-0.39, 0.29) is 24.8 Å². The standard InChI is InChI=1S/C12H16ClN3.2ClH/c13-12-5-14-2-1-9(12)6-16-7-10-3-15-4-11(10)8-16;;/h1-2,5,10-11,15H,3-4,6-8H2;2*1H/t10-,11+;;. The first-order chi connectivity index (χ1) is 7.83. The smallest absolute Gasteiger partial charge is 0.0634 e. The molecule has 3 heterocycles. The van der Waals surface area contributed by atoms with E-state index in [0.717, 1.165) is 23.4 Å². The first kappa shape index (κ1) is 16.0. The molecule has 0 radical (unpaired) electrons. The molecule has 3 rings (SSSR count). The predicted octanol–water partition coefficient (Wildman–Crippen LogP) is 2.23. The third-order valence-corrected chi connectivity index (χ3v) is 4.06. The molecule has 0 spiro atoms. The van der Waals surface area contributed by atoms with Crippen LogP contribution in [0.25, 0.3) is 0 Å². The second-order valence-electron chi connectivity index (χ2n) is 4.84. The van der Waals surface area contributed by atoms with Crippen molar-refractivity contribution >= 4 is 36.4 Å². The molecule has 18 heavy (non-hydrogen) atoms. The van der Waals surface area contributed by atoms with E-state index < -0.39 is 0 Å². The van der Waals surface area contributed by atoms with Crippen LogP contribution in [-0.4, -0.2) is 36.1 Å². The van der Waals surface area contributed by atoms with Crippen LogP contribution in [0.1, 0.15) is 5.56 Å². The maximum atomic E-state index is 6.12. The van der Waals surface area contributed by atoms with E-state index >= 15 is 0 Å². The molecule has 6 heteroatoms. The second kappa shape index (κ2) is 6.92. The van der Waals surface area contributed by atoms with Crippen LogP contribution in [0.2, 0.25) is 5.02 Å². The molecular weight excluding hydrogens is 293 g/mol. The first-order valence-electron chi connectivity index (χ1n) is 5.84. The predicted molar refractivity (Wildman–Crippen MR) is 78.9 cm³/mol. The number of aromatic nitrogens is 1. The zero-order valence-corrected chi connectivity index (χ0v) is 12.4. The highest BCUT2D eigenvalue weighted by Gasteiger charge is 2.35. The molecule has 0 amide bonds. The van der Waals surface area contributed by atoms with Gasteiger partial charge in [-0.25, -0.2) is 0 Å². The molecule has 2 fully saturated rings. The van der Waals surface area contributed by atoms with Gasteiger partial charge in [0.25, 0.3) is 0 Å². The van der Waals surface area contributed by atoms with Crippen molar-refractivity contribution in [3.05, 3.63) is 29.0 Å². The lowest BCUT2D eigenvalue weighted by atomic mass is 10.0. The van der Waals surface area contributed by atoms with Gasteiger partial charge in [0, 0.05) is 32.0 Å². The number of pyridine rings is 1. The minimum atomic E-state index is 0. The lowest BCUT2D eigenvalue weighted by Crippen LogP contribution is -2.25. The highest BCUT2D eigenvalue weighted by Crippen LogP contribution is 2.28. The van der Waals surface area contributed by atoms with Crippen LogP contribution in [0.5, 0.6) is 0 Å². The quantitative estimate of drug-likeness (QED) is 0.908. The number of nitrogens with one attached hydrogen (secondary N) is 1. The SMILES string of the molecule is Cl.Cl.Clc1cnccc1CN1C[C@H]2CNC[C@H]2C1. The molecular formula is C12H18Cl3N3. The number of rotatable bonds is 2. The fourth-order valence-electron chi connectivity index (χ4n) is 2.85. The first-order valence-corrected chi connectivity index (χ1v) is 6.22. The fourth-order valence-corrected chi connectivity index (χ4v) is 3.03.